The fourth-order valence-corrected chi connectivity index (χ4v) is 2.42. The summed E-state index contributed by atoms with van der Waals surface area (Å²) < 4.78 is 30.1. The third-order valence-electron chi connectivity index (χ3n) is 3.71. The van der Waals surface area contributed by atoms with E-state index in [1.165, 1.54) is 28.9 Å². The summed E-state index contributed by atoms with van der Waals surface area (Å²) in [6.45, 7) is -1.26. The van der Waals surface area contributed by atoms with Crippen molar-refractivity contribution in [3.63, 3.8) is 0 Å². The maximum Gasteiger partial charge on any atom is 0.387 e. The van der Waals surface area contributed by atoms with Gasteiger partial charge in [0.2, 0.25) is 0 Å². The Balaban J connectivity index is 1.82. The number of anilines is 1. The number of nitrogens with zero attached hydrogens (tertiary/aromatic N) is 4. The van der Waals surface area contributed by atoms with Gasteiger partial charge in [0.1, 0.15) is 11.8 Å². The van der Waals surface area contributed by atoms with Gasteiger partial charge in [0.15, 0.2) is 5.69 Å². The van der Waals surface area contributed by atoms with Crippen LogP contribution in [0.2, 0.25) is 0 Å². The Hall–Kier alpha value is -3.80. The largest absolute Gasteiger partial charge is 0.435 e. The SMILES string of the molecule is Cc1c(C(=O)Nc2ccccc2C#N)nnn1-c1ccc(OC(F)F)cc1. The zero-order valence-electron chi connectivity index (χ0n) is 14.1. The molecule has 1 N–H and O–H groups in total. The number of hydrogen-bond acceptors (Lipinski definition) is 5. The van der Waals surface area contributed by atoms with Crippen LogP contribution in [0.1, 0.15) is 21.7 Å². The lowest BCUT2D eigenvalue weighted by Crippen LogP contribution is -2.15. The average molecular weight is 369 g/mol. The van der Waals surface area contributed by atoms with Gasteiger partial charge in [-0.25, -0.2) is 4.68 Å². The van der Waals surface area contributed by atoms with Crippen LogP contribution in [0.3, 0.4) is 0 Å². The number of carbonyl (C=O) groups is 1. The number of rotatable bonds is 5. The second-order valence-corrected chi connectivity index (χ2v) is 5.42. The van der Waals surface area contributed by atoms with Crippen LogP contribution in [0.4, 0.5) is 14.5 Å². The van der Waals surface area contributed by atoms with Crippen molar-refractivity contribution in [1.82, 2.24) is 15.0 Å². The molecule has 0 aliphatic heterocycles. The van der Waals surface area contributed by atoms with Gasteiger partial charge >= 0.3 is 6.61 Å². The molecule has 27 heavy (non-hydrogen) atoms. The van der Waals surface area contributed by atoms with E-state index in [-0.39, 0.29) is 11.4 Å². The monoisotopic (exact) mass is 369 g/mol. The molecule has 0 fully saturated rings. The summed E-state index contributed by atoms with van der Waals surface area (Å²) in [5, 5.41) is 19.5. The highest BCUT2D eigenvalue weighted by atomic mass is 19.3. The van der Waals surface area contributed by atoms with Crippen LogP contribution in [0, 0.1) is 18.3 Å². The molecule has 0 unspecified atom stereocenters. The second kappa shape index (κ2) is 7.61. The number of nitrogens with one attached hydrogen (secondary N) is 1. The maximum absolute atomic E-state index is 12.5. The van der Waals surface area contributed by atoms with Crippen molar-refractivity contribution >= 4 is 11.6 Å². The smallest absolute Gasteiger partial charge is 0.387 e. The molecule has 0 atom stereocenters. The number of amides is 1. The Morgan fingerprint density at radius 2 is 1.93 bits per heavy atom. The van der Waals surface area contributed by atoms with Gasteiger partial charge in [-0.1, -0.05) is 17.3 Å². The number of alkyl halides is 2. The van der Waals surface area contributed by atoms with Gasteiger partial charge in [0.25, 0.3) is 5.91 Å². The van der Waals surface area contributed by atoms with Gasteiger partial charge in [-0.05, 0) is 43.3 Å². The van der Waals surface area contributed by atoms with Crippen molar-refractivity contribution in [2.45, 2.75) is 13.5 Å². The molecule has 0 radical (unpaired) electrons. The van der Waals surface area contributed by atoms with E-state index in [2.05, 4.69) is 20.4 Å². The minimum Gasteiger partial charge on any atom is -0.435 e. The molecule has 1 heterocycles. The topological polar surface area (TPSA) is 92.8 Å². The molecule has 1 amide bonds. The van der Waals surface area contributed by atoms with Gasteiger partial charge in [-0.2, -0.15) is 14.0 Å². The first kappa shape index (κ1) is 18.0. The summed E-state index contributed by atoms with van der Waals surface area (Å²) in [5.74, 6) is -0.503. The second-order valence-electron chi connectivity index (χ2n) is 5.42. The average Bonchev–Trinajstić information content (AvgIpc) is 3.04. The Kier molecular flexibility index (Phi) is 5.08. The lowest BCUT2D eigenvalue weighted by atomic mass is 10.2. The molecular formula is C18H13F2N5O2. The van der Waals surface area contributed by atoms with Crippen molar-refractivity contribution in [2.75, 3.05) is 5.32 Å². The van der Waals surface area contributed by atoms with Gasteiger partial charge in [0.05, 0.1) is 22.6 Å². The summed E-state index contributed by atoms with van der Waals surface area (Å²) in [6, 6.07) is 14.4. The Bertz CT molecular complexity index is 1010. The van der Waals surface area contributed by atoms with E-state index in [1.807, 2.05) is 6.07 Å². The van der Waals surface area contributed by atoms with Crippen LogP contribution < -0.4 is 10.1 Å². The molecule has 7 nitrogen and oxygen atoms in total. The summed E-state index contributed by atoms with van der Waals surface area (Å²) in [4.78, 5) is 12.5. The van der Waals surface area contributed by atoms with E-state index in [0.717, 1.165) is 0 Å². The first-order valence-electron chi connectivity index (χ1n) is 7.77. The molecule has 0 saturated carbocycles. The molecule has 0 bridgehead atoms. The molecule has 2 aromatic carbocycles. The fraction of sp³-hybridized carbons (Fsp3) is 0.111. The Morgan fingerprint density at radius 3 is 2.59 bits per heavy atom. The number of benzene rings is 2. The van der Waals surface area contributed by atoms with E-state index < -0.39 is 12.5 Å². The molecule has 3 aromatic rings. The third kappa shape index (κ3) is 3.90. The number of nitriles is 1. The number of hydrogen-bond donors (Lipinski definition) is 1. The van der Waals surface area contributed by atoms with Crippen molar-refractivity contribution in [2.24, 2.45) is 0 Å². The highest BCUT2D eigenvalue weighted by molar-refractivity contribution is 6.04. The number of ether oxygens (including phenoxy) is 1. The summed E-state index contributed by atoms with van der Waals surface area (Å²) in [7, 11) is 0. The van der Waals surface area contributed by atoms with Crippen LogP contribution in [-0.4, -0.2) is 27.5 Å². The minimum atomic E-state index is -2.91. The lowest BCUT2D eigenvalue weighted by Gasteiger charge is -2.07. The standard InChI is InChI=1S/C18H13F2N5O2/c1-11-16(17(26)22-15-5-3-2-4-12(15)10-21)23-24-25(11)13-6-8-14(9-7-13)27-18(19)20/h2-9,18H,1H3,(H,22,26). The lowest BCUT2D eigenvalue weighted by molar-refractivity contribution is -0.0498. The summed E-state index contributed by atoms with van der Waals surface area (Å²) >= 11 is 0. The molecular weight excluding hydrogens is 356 g/mol. The Morgan fingerprint density at radius 1 is 1.22 bits per heavy atom. The summed E-state index contributed by atoms with van der Waals surface area (Å²) in [5.41, 5.74) is 1.75. The molecule has 1 aromatic heterocycles. The molecule has 136 valence electrons. The number of aromatic nitrogens is 3. The minimum absolute atomic E-state index is 0.0117. The van der Waals surface area contributed by atoms with Crippen molar-refractivity contribution < 1.29 is 18.3 Å². The van der Waals surface area contributed by atoms with Crippen LogP contribution in [0.25, 0.3) is 5.69 Å². The van der Waals surface area contributed by atoms with Crippen molar-refractivity contribution in [3.8, 4) is 17.5 Å². The zero-order valence-corrected chi connectivity index (χ0v) is 14.1. The highest BCUT2D eigenvalue weighted by Gasteiger charge is 2.18. The van der Waals surface area contributed by atoms with Gasteiger partial charge < -0.3 is 10.1 Å². The van der Waals surface area contributed by atoms with Gasteiger partial charge in [-0.3, -0.25) is 4.79 Å². The van der Waals surface area contributed by atoms with E-state index in [0.29, 0.717) is 22.6 Å². The maximum atomic E-state index is 12.5. The van der Waals surface area contributed by atoms with E-state index in [1.54, 1.807) is 31.2 Å². The predicted molar refractivity (Wildman–Crippen MR) is 91.8 cm³/mol. The fourth-order valence-electron chi connectivity index (χ4n) is 2.42. The molecule has 0 spiro atoms. The number of carbonyl (C=O) groups excluding carboxylic acids is 1. The van der Waals surface area contributed by atoms with Crippen LogP contribution in [-0.2, 0) is 0 Å². The molecule has 0 aliphatic rings. The summed E-state index contributed by atoms with van der Waals surface area (Å²) in [6.07, 6.45) is 0. The number of halogens is 2. The van der Waals surface area contributed by atoms with Crippen molar-refractivity contribution in [3.05, 3.63) is 65.5 Å². The third-order valence-corrected chi connectivity index (χ3v) is 3.71. The first-order chi connectivity index (χ1) is 13.0. The predicted octanol–water partition coefficient (Wildman–Crippen LogP) is 3.30. The van der Waals surface area contributed by atoms with Gasteiger partial charge in [-0.15, -0.1) is 5.10 Å². The Labute approximate surface area is 152 Å². The van der Waals surface area contributed by atoms with Gasteiger partial charge in [0, 0.05) is 0 Å². The molecule has 0 aliphatic carbocycles. The van der Waals surface area contributed by atoms with Crippen molar-refractivity contribution in [1.29, 1.82) is 5.26 Å². The first-order valence-corrected chi connectivity index (χ1v) is 7.77. The van der Waals surface area contributed by atoms with E-state index >= 15 is 0 Å². The van der Waals surface area contributed by atoms with E-state index in [4.69, 9.17) is 5.26 Å². The zero-order chi connectivity index (χ0) is 19.4. The highest BCUT2D eigenvalue weighted by Crippen LogP contribution is 2.20. The quantitative estimate of drug-likeness (QED) is 0.745. The van der Waals surface area contributed by atoms with Crippen LogP contribution in [0.15, 0.2) is 48.5 Å². The van der Waals surface area contributed by atoms with Crippen LogP contribution >= 0.6 is 0 Å². The van der Waals surface area contributed by atoms with Crippen LogP contribution in [0.5, 0.6) is 5.75 Å². The van der Waals surface area contributed by atoms with E-state index in [9.17, 15) is 13.6 Å². The molecule has 0 saturated heterocycles. The number of para-hydroxylation sites is 1. The molecule has 9 heteroatoms. The molecule has 3 rings (SSSR count). The normalized spacial score (nSPS) is 10.5.